The van der Waals surface area contributed by atoms with E-state index in [1.165, 1.54) is 32.3 Å². The van der Waals surface area contributed by atoms with Crippen molar-refractivity contribution < 1.29 is 13.5 Å². The summed E-state index contributed by atoms with van der Waals surface area (Å²) in [5.74, 6) is -0.906. The van der Waals surface area contributed by atoms with Crippen molar-refractivity contribution in [2.45, 2.75) is 20.0 Å². The fraction of sp³-hybridized carbons (Fsp3) is 0.500. The van der Waals surface area contributed by atoms with Crippen LogP contribution in [0.25, 0.3) is 0 Å². The summed E-state index contributed by atoms with van der Waals surface area (Å²) in [6.45, 7) is 2.73. The van der Waals surface area contributed by atoms with Gasteiger partial charge in [-0.05, 0) is 6.07 Å². The van der Waals surface area contributed by atoms with Crippen LogP contribution in [0.1, 0.15) is 13.8 Å². The molecule has 0 spiro atoms. The first-order valence-electron chi connectivity index (χ1n) is 3.86. The maximum atomic E-state index is 12.9. The molecule has 0 radical (unpaired) electrons. The smallest absolute Gasteiger partial charge is 0.398 e. The lowest BCUT2D eigenvalue weighted by Gasteiger charge is -2.19. The van der Waals surface area contributed by atoms with Crippen LogP contribution in [-0.4, -0.2) is 16.1 Å². The molecular formula is C8H10F2N2O. The third kappa shape index (κ3) is 2.61. The van der Waals surface area contributed by atoms with E-state index < -0.39 is 12.0 Å². The highest BCUT2D eigenvalue weighted by atomic mass is 19.3. The van der Waals surface area contributed by atoms with Gasteiger partial charge in [0, 0.05) is 12.4 Å². The van der Waals surface area contributed by atoms with E-state index in [1.54, 1.807) is 0 Å². The number of hydrogen-bond donors (Lipinski definition) is 0. The fourth-order valence-electron chi connectivity index (χ4n) is 0.578. The second-order valence-electron chi connectivity index (χ2n) is 2.85. The highest BCUT2D eigenvalue weighted by molar-refractivity contribution is 4.94. The molecule has 0 N–H and O–H groups in total. The molecule has 0 saturated heterocycles. The largest absolute Gasteiger partial charge is 0.402 e. The number of halogens is 2. The molecule has 1 aromatic heterocycles. The Hall–Kier alpha value is -1.26. The number of nitrogens with zero attached hydrogens (tertiary/aromatic N) is 2. The zero-order valence-corrected chi connectivity index (χ0v) is 7.37. The molecule has 13 heavy (non-hydrogen) atoms. The molecule has 0 atom stereocenters. The third-order valence-electron chi connectivity index (χ3n) is 1.44. The van der Waals surface area contributed by atoms with Gasteiger partial charge in [0.1, 0.15) is 0 Å². The van der Waals surface area contributed by atoms with Gasteiger partial charge < -0.3 is 4.74 Å². The van der Waals surface area contributed by atoms with Crippen LogP contribution in [-0.2, 0) is 0 Å². The number of alkyl halides is 2. The average Bonchev–Trinajstić information content (AvgIpc) is 2.05. The van der Waals surface area contributed by atoms with Gasteiger partial charge in [-0.1, -0.05) is 13.8 Å². The maximum absolute atomic E-state index is 12.9. The zero-order chi connectivity index (χ0) is 9.90. The van der Waals surface area contributed by atoms with E-state index in [-0.39, 0.29) is 6.01 Å². The van der Waals surface area contributed by atoms with E-state index in [0.717, 1.165) is 0 Å². The second-order valence-corrected chi connectivity index (χ2v) is 2.85. The predicted molar refractivity (Wildman–Crippen MR) is 42.4 cm³/mol. The Kier molecular flexibility index (Phi) is 2.75. The van der Waals surface area contributed by atoms with Crippen LogP contribution < -0.4 is 4.74 Å². The van der Waals surface area contributed by atoms with E-state index in [0.29, 0.717) is 0 Å². The molecule has 0 bridgehead atoms. The molecule has 0 unspecified atom stereocenters. The Bertz CT molecular complexity index is 264. The van der Waals surface area contributed by atoms with E-state index in [2.05, 4.69) is 14.7 Å². The summed E-state index contributed by atoms with van der Waals surface area (Å²) in [6, 6.07) is 1.22. The third-order valence-corrected chi connectivity index (χ3v) is 1.44. The van der Waals surface area contributed by atoms with Gasteiger partial charge in [0.2, 0.25) is 0 Å². The first-order valence-corrected chi connectivity index (χ1v) is 3.86. The van der Waals surface area contributed by atoms with Crippen LogP contribution in [0.15, 0.2) is 18.5 Å². The molecule has 0 amide bonds. The SMILES string of the molecule is CC(C)C(F)(F)Oc1ncccn1. The molecule has 0 aliphatic carbocycles. The van der Waals surface area contributed by atoms with Gasteiger partial charge in [0.05, 0.1) is 5.92 Å². The predicted octanol–water partition coefficient (Wildman–Crippen LogP) is 2.10. The molecule has 0 aliphatic heterocycles. The van der Waals surface area contributed by atoms with Crippen molar-refractivity contribution in [3.63, 3.8) is 0 Å². The summed E-state index contributed by atoms with van der Waals surface area (Å²) >= 11 is 0. The summed E-state index contributed by atoms with van der Waals surface area (Å²) in [6.07, 6.45) is -0.529. The van der Waals surface area contributed by atoms with Crippen molar-refractivity contribution in [3.05, 3.63) is 18.5 Å². The Morgan fingerprint density at radius 1 is 1.31 bits per heavy atom. The lowest BCUT2D eigenvalue weighted by atomic mass is 10.2. The van der Waals surface area contributed by atoms with Gasteiger partial charge in [-0.3, -0.25) is 0 Å². The molecule has 0 saturated carbocycles. The van der Waals surface area contributed by atoms with Gasteiger partial charge in [0.15, 0.2) is 0 Å². The Labute approximate surface area is 74.8 Å². The average molecular weight is 188 g/mol. The molecule has 1 aromatic rings. The fourth-order valence-corrected chi connectivity index (χ4v) is 0.578. The molecule has 3 nitrogen and oxygen atoms in total. The van der Waals surface area contributed by atoms with E-state index in [4.69, 9.17) is 0 Å². The molecule has 0 aliphatic rings. The van der Waals surface area contributed by atoms with Crippen LogP contribution >= 0.6 is 0 Å². The summed E-state index contributed by atoms with van der Waals surface area (Å²) < 4.78 is 30.2. The Balaban J connectivity index is 2.69. The van der Waals surface area contributed by atoms with Crippen molar-refractivity contribution in [2.24, 2.45) is 5.92 Å². The van der Waals surface area contributed by atoms with Gasteiger partial charge >= 0.3 is 12.1 Å². The van der Waals surface area contributed by atoms with E-state index in [9.17, 15) is 8.78 Å². The normalized spacial score (nSPS) is 11.8. The van der Waals surface area contributed by atoms with Crippen molar-refractivity contribution in [1.29, 1.82) is 0 Å². The first kappa shape index (κ1) is 9.83. The summed E-state index contributed by atoms with van der Waals surface area (Å²) in [4.78, 5) is 7.07. The van der Waals surface area contributed by atoms with Crippen LogP contribution in [0, 0.1) is 5.92 Å². The van der Waals surface area contributed by atoms with Gasteiger partial charge in [-0.15, -0.1) is 0 Å². The topological polar surface area (TPSA) is 35.0 Å². The molecule has 5 heteroatoms. The molecule has 72 valence electrons. The number of rotatable bonds is 3. The van der Waals surface area contributed by atoms with Crippen molar-refractivity contribution >= 4 is 0 Å². The Morgan fingerprint density at radius 2 is 1.85 bits per heavy atom. The molecule has 0 fully saturated rings. The van der Waals surface area contributed by atoms with Crippen LogP contribution in [0.4, 0.5) is 8.78 Å². The van der Waals surface area contributed by atoms with E-state index in [1.807, 2.05) is 0 Å². The van der Waals surface area contributed by atoms with Crippen LogP contribution in [0.2, 0.25) is 0 Å². The lowest BCUT2D eigenvalue weighted by molar-refractivity contribution is -0.211. The molecular weight excluding hydrogens is 178 g/mol. The minimum Gasteiger partial charge on any atom is -0.398 e. The van der Waals surface area contributed by atoms with E-state index >= 15 is 0 Å². The highest BCUT2D eigenvalue weighted by Gasteiger charge is 2.36. The minimum absolute atomic E-state index is 0.304. The van der Waals surface area contributed by atoms with Gasteiger partial charge in [0.25, 0.3) is 0 Å². The monoisotopic (exact) mass is 188 g/mol. The van der Waals surface area contributed by atoms with Crippen molar-refractivity contribution in [3.8, 4) is 6.01 Å². The quantitative estimate of drug-likeness (QED) is 0.728. The second kappa shape index (κ2) is 3.64. The molecule has 1 heterocycles. The number of aromatic nitrogens is 2. The standard InChI is InChI=1S/C8H10F2N2O/c1-6(2)8(9,10)13-7-11-4-3-5-12-7/h3-6H,1-2H3. The highest BCUT2D eigenvalue weighted by Crippen LogP contribution is 2.25. The lowest BCUT2D eigenvalue weighted by Crippen LogP contribution is -2.31. The molecule has 1 rings (SSSR count). The van der Waals surface area contributed by atoms with Crippen molar-refractivity contribution in [1.82, 2.24) is 9.97 Å². The zero-order valence-electron chi connectivity index (χ0n) is 7.37. The van der Waals surface area contributed by atoms with Gasteiger partial charge in [-0.2, -0.15) is 8.78 Å². The Morgan fingerprint density at radius 3 is 2.31 bits per heavy atom. The van der Waals surface area contributed by atoms with Crippen LogP contribution in [0.5, 0.6) is 6.01 Å². The van der Waals surface area contributed by atoms with Gasteiger partial charge in [-0.25, -0.2) is 9.97 Å². The minimum atomic E-state index is -3.22. The summed E-state index contributed by atoms with van der Waals surface area (Å²) in [5, 5.41) is 0. The molecule has 0 aromatic carbocycles. The first-order chi connectivity index (χ1) is 6.02. The number of hydrogen-bond acceptors (Lipinski definition) is 3. The summed E-state index contributed by atoms with van der Waals surface area (Å²) in [7, 11) is 0. The van der Waals surface area contributed by atoms with Crippen LogP contribution in [0.3, 0.4) is 0 Å². The van der Waals surface area contributed by atoms with Crippen molar-refractivity contribution in [2.75, 3.05) is 0 Å². The maximum Gasteiger partial charge on any atom is 0.402 e. The summed E-state index contributed by atoms with van der Waals surface area (Å²) in [5.41, 5.74) is 0. The number of ether oxygens (including phenoxy) is 1.